The minimum Gasteiger partial charge on any atom is -0.370 e. The van der Waals surface area contributed by atoms with E-state index in [1.807, 2.05) is 20.2 Å². The first-order valence-corrected chi connectivity index (χ1v) is 9.15. The Morgan fingerprint density at radius 1 is 1.21 bits per heavy atom. The Morgan fingerprint density at radius 3 is 2.75 bits per heavy atom. The molecule has 0 aliphatic rings. The number of nitriles is 1. The van der Waals surface area contributed by atoms with Gasteiger partial charge in [-0.05, 0) is 51.3 Å². The van der Waals surface area contributed by atoms with Gasteiger partial charge < -0.3 is 15.5 Å². The topological polar surface area (TPSA) is 76.9 Å². The van der Waals surface area contributed by atoms with Crippen LogP contribution in [0.1, 0.15) is 12.0 Å². The largest absolute Gasteiger partial charge is 0.370 e. The van der Waals surface area contributed by atoms with E-state index in [4.69, 9.17) is 11.6 Å². The summed E-state index contributed by atoms with van der Waals surface area (Å²) >= 11 is 5.87. The van der Waals surface area contributed by atoms with Gasteiger partial charge in [0.1, 0.15) is 17.7 Å². The maximum absolute atomic E-state index is 13.4. The third kappa shape index (κ3) is 4.66. The number of anilines is 3. The summed E-state index contributed by atoms with van der Waals surface area (Å²) < 4.78 is 13.4. The Balaban J connectivity index is 1.93. The minimum atomic E-state index is -0.499. The van der Waals surface area contributed by atoms with Gasteiger partial charge in [0.2, 0.25) is 0 Å². The summed E-state index contributed by atoms with van der Waals surface area (Å²) in [5.74, 6) is 0.198. The average Bonchev–Trinajstić information content (AvgIpc) is 2.68. The van der Waals surface area contributed by atoms with Crippen molar-refractivity contribution >= 4 is 39.7 Å². The van der Waals surface area contributed by atoms with E-state index < -0.39 is 5.82 Å². The summed E-state index contributed by atoms with van der Waals surface area (Å²) in [5, 5.41) is 16.7. The van der Waals surface area contributed by atoms with Gasteiger partial charge in [-0.3, -0.25) is 4.98 Å². The summed E-state index contributed by atoms with van der Waals surface area (Å²) in [7, 11) is 4.06. The SMILES string of the molecule is CN(C)CCCNc1cc2c(Nc3ccc(F)c(Cl)c3)c(C#N)cnc2cn1. The monoisotopic (exact) mass is 398 g/mol. The van der Waals surface area contributed by atoms with Crippen molar-refractivity contribution in [1.29, 1.82) is 5.26 Å². The highest BCUT2D eigenvalue weighted by molar-refractivity contribution is 6.31. The van der Waals surface area contributed by atoms with Crippen LogP contribution in [0.5, 0.6) is 0 Å². The standard InChI is InChI=1S/C20H20ClFN6/c1-28(2)7-3-6-24-19-9-15-18(12-26-19)25-11-13(10-23)20(15)27-14-4-5-17(22)16(21)8-14/h4-5,8-9,11-12H,3,6-7H2,1-2H3,(H,24,26)(H,25,27). The molecule has 0 atom stereocenters. The maximum atomic E-state index is 13.4. The number of fused-ring (bicyclic) bond motifs is 1. The summed E-state index contributed by atoms with van der Waals surface area (Å²) in [4.78, 5) is 10.8. The molecule has 2 aromatic heterocycles. The number of hydrogen-bond donors (Lipinski definition) is 2. The van der Waals surface area contributed by atoms with Crippen LogP contribution in [0, 0.1) is 17.1 Å². The lowest BCUT2D eigenvalue weighted by molar-refractivity contribution is 0.405. The highest BCUT2D eigenvalue weighted by atomic mass is 35.5. The zero-order valence-electron chi connectivity index (χ0n) is 15.6. The van der Waals surface area contributed by atoms with Gasteiger partial charge in [0.25, 0.3) is 0 Å². The molecule has 8 heteroatoms. The number of pyridine rings is 2. The molecule has 0 aliphatic heterocycles. The molecule has 0 saturated carbocycles. The van der Waals surface area contributed by atoms with E-state index in [2.05, 4.69) is 31.6 Å². The van der Waals surface area contributed by atoms with Crippen molar-refractivity contribution in [3.05, 3.63) is 53.1 Å². The second kappa shape index (κ2) is 8.83. The van der Waals surface area contributed by atoms with Crippen molar-refractivity contribution < 1.29 is 4.39 Å². The van der Waals surface area contributed by atoms with E-state index in [9.17, 15) is 9.65 Å². The highest BCUT2D eigenvalue weighted by Crippen LogP contribution is 2.31. The number of benzene rings is 1. The first-order chi connectivity index (χ1) is 13.5. The van der Waals surface area contributed by atoms with Gasteiger partial charge >= 0.3 is 0 Å². The molecule has 0 spiro atoms. The Bertz CT molecular complexity index is 1030. The number of rotatable bonds is 7. The third-order valence-corrected chi connectivity index (χ3v) is 4.44. The molecule has 28 heavy (non-hydrogen) atoms. The third-order valence-electron chi connectivity index (χ3n) is 4.15. The van der Waals surface area contributed by atoms with Crippen LogP contribution in [0.4, 0.5) is 21.6 Å². The van der Waals surface area contributed by atoms with Gasteiger partial charge in [-0.2, -0.15) is 5.26 Å². The predicted molar refractivity (Wildman–Crippen MR) is 111 cm³/mol. The van der Waals surface area contributed by atoms with Crippen LogP contribution in [0.25, 0.3) is 10.9 Å². The predicted octanol–water partition coefficient (Wildman–Crippen LogP) is 4.40. The van der Waals surface area contributed by atoms with Gasteiger partial charge in [-0.15, -0.1) is 0 Å². The molecule has 0 unspecified atom stereocenters. The maximum Gasteiger partial charge on any atom is 0.141 e. The van der Waals surface area contributed by atoms with E-state index in [1.54, 1.807) is 12.3 Å². The summed E-state index contributed by atoms with van der Waals surface area (Å²) in [6.07, 6.45) is 4.12. The zero-order valence-corrected chi connectivity index (χ0v) is 16.4. The lowest BCUT2D eigenvalue weighted by atomic mass is 10.1. The van der Waals surface area contributed by atoms with Crippen LogP contribution in [-0.4, -0.2) is 42.1 Å². The molecule has 3 aromatic rings. The molecule has 0 fully saturated rings. The van der Waals surface area contributed by atoms with Crippen molar-refractivity contribution in [2.24, 2.45) is 0 Å². The fraction of sp³-hybridized carbons (Fsp3) is 0.250. The van der Waals surface area contributed by atoms with Crippen LogP contribution >= 0.6 is 11.6 Å². The van der Waals surface area contributed by atoms with E-state index in [1.165, 1.54) is 18.3 Å². The van der Waals surface area contributed by atoms with Gasteiger partial charge in [0.15, 0.2) is 0 Å². The normalized spacial score (nSPS) is 10.9. The van der Waals surface area contributed by atoms with Gasteiger partial charge in [-0.1, -0.05) is 11.6 Å². The molecular weight excluding hydrogens is 379 g/mol. The van der Waals surface area contributed by atoms with Crippen LogP contribution in [0.2, 0.25) is 5.02 Å². The smallest absolute Gasteiger partial charge is 0.141 e. The molecule has 0 bridgehead atoms. The fourth-order valence-corrected chi connectivity index (χ4v) is 2.92. The first-order valence-electron chi connectivity index (χ1n) is 8.77. The van der Waals surface area contributed by atoms with E-state index in [0.29, 0.717) is 28.3 Å². The second-order valence-electron chi connectivity index (χ2n) is 6.58. The van der Waals surface area contributed by atoms with E-state index in [0.717, 1.165) is 24.9 Å². The van der Waals surface area contributed by atoms with Crippen molar-refractivity contribution in [2.75, 3.05) is 37.8 Å². The van der Waals surface area contributed by atoms with Crippen molar-refractivity contribution in [1.82, 2.24) is 14.9 Å². The van der Waals surface area contributed by atoms with Crippen molar-refractivity contribution in [2.45, 2.75) is 6.42 Å². The van der Waals surface area contributed by atoms with Crippen LogP contribution in [-0.2, 0) is 0 Å². The van der Waals surface area contributed by atoms with Gasteiger partial charge in [0, 0.05) is 23.8 Å². The Morgan fingerprint density at radius 2 is 2.04 bits per heavy atom. The second-order valence-corrected chi connectivity index (χ2v) is 6.99. The quantitative estimate of drug-likeness (QED) is 0.574. The molecule has 3 rings (SSSR count). The van der Waals surface area contributed by atoms with E-state index >= 15 is 0 Å². The summed E-state index contributed by atoms with van der Waals surface area (Å²) in [5.41, 5.74) is 2.17. The number of nitrogens with one attached hydrogen (secondary N) is 2. The lowest BCUT2D eigenvalue weighted by Crippen LogP contribution is -2.16. The van der Waals surface area contributed by atoms with Crippen molar-refractivity contribution in [3.8, 4) is 6.07 Å². The average molecular weight is 399 g/mol. The number of hydrogen-bond acceptors (Lipinski definition) is 6. The molecule has 6 nitrogen and oxygen atoms in total. The number of nitrogens with zero attached hydrogens (tertiary/aromatic N) is 4. The molecule has 0 radical (unpaired) electrons. The van der Waals surface area contributed by atoms with Gasteiger partial charge in [-0.25, -0.2) is 9.37 Å². The molecule has 2 heterocycles. The number of aromatic nitrogens is 2. The Kier molecular flexibility index (Phi) is 6.24. The Labute approximate surface area is 168 Å². The molecule has 1 aromatic carbocycles. The zero-order chi connectivity index (χ0) is 20.1. The summed E-state index contributed by atoms with van der Waals surface area (Å²) in [6, 6.07) is 8.31. The van der Waals surface area contributed by atoms with Crippen LogP contribution in [0.3, 0.4) is 0 Å². The van der Waals surface area contributed by atoms with Crippen LogP contribution in [0.15, 0.2) is 36.7 Å². The van der Waals surface area contributed by atoms with Crippen molar-refractivity contribution in [3.63, 3.8) is 0 Å². The number of halogens is 2. The fourth-order valence-electron chi connectivity index (χ4n) is 2.74. The Hall–Kier alpha value is -2.95. The summed E-state index contributed by atoms with van der Waals surface area (Å²) in [6.45, 7) is 1.75. The molecule has 144 valence electrons. The van der Waals surface area contributed by atoms with E-state index in [-0.39, 0.29) is 5.02 Å². The minimum absolute atomic E-state index is 0.00628. The lowest BCUT2D eigenvalue weighted by Gasteiger charge is -2.14. The first kappa shape index (κ1) is 19.8. The molecule has 2 N–H and O–H groups in total. The highest BCUT2D eigenvalue weighted by Gasteiger charge is 2.12. The molecule has 0 aliphatic carbocycles. The molecule has 0 saturated heterocycles. The van der Waals surface area contributed by atoms with Crippen LogP contribution < -0.4 is 10.6 Å². The molecular formula is C20H20ClFN6. The molecule has 0 amide bonds. The van der Waals surface area contributed by atoms with Gasteiger partial charge in [0.05, 0.1) is 28.0 Å².